The van der Waals surface area contributed by atoms with Gasteiger partial charge in [0.2, 0.25) is 18.2 Å². The van der Waals surface area contributed by atoms with E-state index in [1.54, 1.807) is 47.5 Å². The number of fused-ring (bicyclic) bond motifs is 6. The Morgan fingerprint density at radius 3 is 2.88 bits per heavy atom. The Morgan fingerprint density at radius 2 is 2.05 bits per heavy atom. The number of rotatable bonds is 4. The molecule has 0 aliphatic carbocycles. The molecule has 2 unspecified atom stereocenters. The fourth-order valence-electron chi connectivity index (χ4n) is 6.15. The van der Waals surface area contributed by atoms with E-state index in [2.05, 4.69) is 25.9 Å². The second-order valence-corrected chi connectivity index (χ2v) is 11.5. The van der Waals surface area contributed by atoms with Gasteiger partial charge in [-0.05, 0) is 62.1 Å². The van der Waals surface area contributed by atoms with Crippen molar-refractivity contribution in [2.75, 3.05) is 36.1 Å². The van der Waals surface area contributed by atoms with Gasteiger partial charge < -0.3 is 35.1 Å². The quantitative estimate of drug-likeness (QED) is 0.266. The molecule has 6 rings (SSSR count). The molecule has 0 radical (unpaired) electrons. The number of hydrogen-bond donors (Lipinski definition) is 5. The largest absolute Gasteiger partial charge is 0.436 e. The van der Waals surface area contributed by atoms with Crippen LogP contribution in [0, 0.1) is 0 Å². The van der Waals surface area contributed by atoms with E-state index in [1.165, 1.54) is 7.11 Å². The molecule has 0 saturated carbocycles. The van der Waals surface area contributed by atoms with E-state index in [-0.39, 0.29) is 24.8 Å². The molecule has 4 heterocycles. The number of amides is 3. The minimum Gasteiger partial charge on any atom is -0.436 e. The molecular weight excluding hydrogens is 576 g/mol. The number of aromatic amines is 1. The minimum absolute atomic E-state index is 0.118. The second kappa shape index (κ2) is 11.9. The number of carbonyl (C=O) groups is 3. The van der Waals surface area contributed by atoms with E-state index in [4.69, 9.17) is 21.1 Å². The van der Waals surface area contributed by atoms with E-state index in [1.807, 2.05) is 0 Å². The van der Waals surface area contributed by atoms with Gasteiger partial charge in [-0.3, -0.25) is 14.9 Å². The fourth-order valence-corrected chi connectivity index (χ4v) is 6.32. The van der Waals surface area contributed by atoms with Crippen LogP contribution in [0.15, 0.2) is 42.6 Å². The van der Waals surface area contributed by atoms with Gasteiger partial charge >= 0.3 is 6.09 Å². The monoisotopic (exact) mass is 608 g/mol. The van der Waals surface area contributed by atoms with Gasteiger partial charge in [0, 0.05) is 41.9 Å². The lowest BCUT2D eigenvalue weighted by Gasteiger charge is -2.45. The van der Waals surface area contributed by atoms with Crippen molar-refractivity contribution in [1.82, 2.24) is 14.9 Å². The predicted molar refractivity (Wildman–Crippen MR) is 160 cm³/mol. The van der Waals surface area contributed by atoms with Gasteiger partial charge in [-0.1, -0.05) is 18.0 Å². The van der Waals surface area contributed by atoms with E-state index < -0.39 is 24.0 Å². The topological polar surface area (TPSA) is 158 Å². The number of imidazole rings is 1. The van der Waals surface area contributed by atoms with E-state index >= 15 is 0 Å². The standard InChI is InChI=1S/C30H33ClN6O6/c1-42-28(40)33-18-8-9-19-23(14-18)34-25(38)6-3-2-5-20(26-32-15-24(19)35-26)27(39)37-12-4-11-30(16-37)21-13-17(31)7-10-22(21)36-29(41)43-30/h7-10,13-15,20,28,33,40H,2-6,11-12,16H2,1H3,(H,32,35)(H,34,38)(H,36,41)/t20?,28?,30-/m0/s1. The summed E-state index contributed by atoms with van der Waals surface area (Å²) >= 11 is 6.32. The highest BCUT2D eigenvalue weighted by atomic mass is 35.5. The molecule has 226 valence electrons. The van der Waals surface area contributed by atoms with Crippen molar-refractivity contribution in [2.45, 2.75) is 56.5 Å². The van der Waals surface area contributed by atoms with Gasteiger partial charge in [-0.15, -0.1) is 0 Å². The lowest BCUT2D eigenvalue weighted by atomic mass is 9.83. The van der Waals surface area contributed by atoms with E-state index in [0.717, 1.165) is 5.56 Å². The number of aromatic nitrogens is 2. The minimum atomic E-state index is -1.21. The van der Waals surface area contributed by atoms with Gasteiger partial charge in [-0.2, -0.15) is 0 Å². The van der Waals surface area contributed by atoms with Crippen LogP contribution in [0.2, 0.25) is 5.02 Å². The SMILES string of the molecule is COC(O)Nc1ccc2c(c1)NC(=O)CCCCC(C(=O)N1CCC[C@@]3(C1)OC(=O)Nc1ccc(Cl)cc13)c1ncc-2[nH]1. The van der Waals surface area contributed by atoms with Gasteiger partial charge in [0.25, 0.3) is 0 Å². The highest BCUT2D eigenvalue weighted by Crippen LogP contribution is 2.44. The molecule has 12 nitrogen and oxygen atoms in total. The van der Waals surface area contributed by atoms with Gasteiger partial charge in [0.05, 0.1) is 35.7 Å². The van der Waals surface area contributed by atoms with Crippen LogP contribution in [0.1, 0.15) is 55.8 Å². The molecule has 5 N–H and O–H groups in total. The number of aliphatic hydroxyl groups is 1. The Hall–Kier alpha value is -4.13. The molecule has 2 bridgehead atoms. The number of nitrogens with one attached hydrogen (secondary N) is 4. The van der Waals surface area contributed by atoms with Crippen molar-refractivity contribution in [3.05, 3.63) is 59.0 Å². The number of aliphatic hydroxyl groups excluding tert-OH is 1. The van der Waals surface area contributed by atoms with Gasteiger partial charge in [-0.25, -0.2) is 9.78 Å². The Kier molecular flexibility index (Phi) is 7.99. The molecule has 43 heavy (non-hydrogen) atoms. The van der Waals surface area contributed by atoms with Crippen LogP contribution in [0.3, 0.4) is 0 Å². The summed E-state index contributed by atoms with van der Waals surface area (Å²) in [4.78, 5) is 49.3. The lowest BCUT2D eigenvalue weighted by Crippen LogP contribution is -2.54. The summed E-state index contributed by atoms with van der Waals surface area (Å²) in [5, 5.41) is 18.9. The fraction of sp³-hybridized carbons (Fsp3) is 0.400. The summed E-state index contributed by atoms with van der Waals surface area (Å²) in [6.07, 6.45) is 3.08. The molecule has 1 aromatic heterocycles. The van der Waals surface area contributed by atoms with E-state index in [0.29, 0.717) is 77.8 Å². The highest BCUT2D eigenvalue weighted by molar-refractivity contribution is 6.30. The zero-order chi connectivity index (χ0) is 30.1. The summed E-state index contributed by atoms with van der Waals surface area (Å²) in [6, 6.07) is 10.5. The van der Waals surface area contributed by atoms with Gasteiger partial charge in [0.1, 0.15) is 5.82 Å². The zero-order valence-corrected chi connectivity index (χ0v) is 24.4. The summed E-state index contributed by atoms with van der Waals surface area (Å²) in [6.45, 7) is 0.713. The maximum atomic E-state index is 14.2. The number of anilines is 3. The average molecular weight is 609 g/mol. The van der Waals surface area contributed by atoms with Crippen LogP contribution in [-0.2, 0) is 24.7 Å². The number of halogens is 1. The second-order valence-electron chi connectivity index (χ2n) is 11.1. The number of likely N-dealkylation sites (tertiary alicyclic amines) is 1. The molecule has 1 spiro atoms. The molecule has 1 fully saturated rings. The summed E-state index contributed by atoms with van der Waals surface area (Å²) in [5.41, 5.74) is 2.77. The maximum absolute atomic E-state index is 14.2. The van der Waals surface area contributed by atoms with Crippen LogP contribution in [0.5, 0.6) is 0 Å². The van der Waals surface area contributed by atoms with Crippen LogP contribution in [0.4, 0.5) is 21.9 Å². The van der Waals surface area contributed by atoms with Crippen molar-refractivity contribution >= 4 is 46.6 Å². The first-order valence-electron chi connectivity index (χ1n) is 14.3. The lowest BCUT2D eigenvalue weighted by molar-refractivity contribution is -0.141. The van der Waals surface area contributed by atoms with Crippen LogP contribution in [-0.4, -0.2) is 64.5 Å². The maximum Gasteiger partial charge on any atom is 0.412 e. The third-order valence-corrected chi connectivity index (χ3v) is 8.47. The smallest absolute Gasteiger partial charge is 0.412 e. The Bertz CT molecular complexity index is 1560. The molecule has 2 aromatic carbocycles. The van der Waals surface area contributed by atoms with Crippen molar-refractivity contribution in [1.29, 1.82) is 0 Å². The molecule has 3 atom stereocenters. The molecule has 3 aliphatic heterocycles. The Balaban J connectivity index is 1.31. The molecular formula is C30H33ClN6O6. The number of H-pyrrole nitrogens is 1. The normalized spacial score (nSPS) is 22.6. The van der Waals surface area contributed by atoms with Crippen molar-refractivity contribution < 1.29 is 29.0 Å². The molecule has 1 saturated heterocycles. The first-order chi connectivity index (χ1) is 20.7. The number of hydrogen-bond acceptors (Lipinski definition) is 8. The first kappa shape index (κ1) is 29.0. The molecule has 3 aliphatic rings. The number of ether oxygens (including phenoxy) is 2. The van der Waals surface area contributed by atoms with Crippen LogP contribution < -0.4 is 16.0 Å². The number of piperidine rings is 1. The average Bonchev–Trinajstić information content (AvgIpc) is 3.47. The third-order valence-electron chi connectivity index (χ3n) is 8.23. The Labute approximate surface area is 253 Å². The van der Waals surface area contributed by atoms with E-state index in [9.17, 15) is 19.5 Å². The molecule has 13 heteroatoms. The molecule has 3 amide bonds. The summed E-state index contributed by atoms with van der Waals surface area (Å²) < 4.78 is 10.8. The third kappa shape index (κ3) is 5.90. The highest BCUT2D eigenvalue weighted by Gasteiger charge is 2.47. The Morgan fingerprint density at radius 1 is 1.19 bits per heavy atom. The molecule has 3 aromatic rings. The summed E-state index contributed by atoms with van der Waals surface area (Å²) in [5.74, 6) is -0.325. The number of carbonyl (C=O) groups excluding carboxylic acids is 3. The zero-order valence-electron chi connectivity index (χ0n) is 23.6. The number of methoxy groups -OCH3 is 1. The number of nitrogens with zero attached hydrogens (tertiary/aromatic N) is 2. The van der Waals surface area contributed by atoms with Crippen molar-refractivity contribution in [3.8, 4) is 11.3 Å². The number of benzene rings is 2. The van der Waals surface area contributed by atoms with Gasteiger partial charge in [0.15, 0.2) is 5.60 Å². The predicted octanol–water partition coefficient (Wildman–Crippen LogP) is 4.74. The van der Waals surface area contributed by atoms with Crippen LogP contribution in [0.25, 0.3) is 11.3 Å². The van der Waals surface area contributed by atoms with Crippen molar-refractivity contribution in [2.24, 2.45) is 0 Å². The van der Waals surface area contributed by atoms with Crippen LogP contribution >= 0.6 is 11.6 Å². The summed E-state index contributed by atoms with van der Waals surface area (Å²) in [7, 11) is 1.37. The van der Waals surface area contributed by atoms with Crippen molar-refractivity contribution in [3.63, 3.8) is 0 Å². The first-order valence-corrected chi connectivity index (χ1v) is 14.7.